The first-order chi connectivity index (χ1) is 7.78. The number of nitrogens with one attached hydrogen (secondary N) is 1. The van der Waals surface area contributed by atoms with Crippen molar-refractivity contribution in [3.63, 3.8) is 0 Å². The largest absolute Gasteiger partial charge is 0.271 e. The number of hydrogen-bond acceptors (Lipinski definition) is 2. The predicted molar refractivity (Wildman–Crippen MR) is 77.7 cm³/mol. The fourth-order valence-electron chi connectivity index (χ4n) is 2.94. The van der Waals surface area contributed by atoms with Crippen molar-refractivity contribution in [3.05, 3.63) is 0 Å². The topological polar surface area (TPSA) is 38.0 Å². The van der Waals surface area contributed by atoms with Crippen LogP contribution in [0.4, 0.5) is 0 Å². The third-order valence-corrected chi connectivity index (χ3v) is 3.35. The van der Waals surface area contributed by atoms with E-state index in [1.54, 1.807) is 0 Å². The summed E-state index contributed by atoms with van der Waals surface area (Å²) in [5, 5.41) is 0. The SMILES string of the molecule is CCCC(C)CC(CC(C)CC(C)(C)C)NN. The van der Waals surface area contributed by atoms with E-state index in [1.807, 2.05) is 0 Å². The van der Waals surface area contributed by atoms with Crippen LogP contribution in [0.2, 0.25) is 0 Å². The van der Waals surface area contributed by atoms with Gasteiger partial charge in [0.2, 0.25) is 0 Å². The Morgan fingerprint density at radius 3 is 2.00 bits per heavy atom. The Morgan fingerprint density at radius 2 is 1.59 bits per heavy atom. The van der Waals surface area contributed by atoms with Crippen molar-refractivity contribution in [2.45, 2.75) is 79.7 Å². The molecule has 2 nitrogen and oxygen atoms in total. The Morgan fingerprint density at radius 1 is 1.06 bits per heavy atom. The highest BCUT2D eigenvalue weighted by molar-refractivity contribution is 4.74. The molecule has 0 aliphatic heterocycles. The van der Waals surface area contributed by atoms with Crippen LogP contribution in [0.5, 0.6) is 0 Å². The van der Waals surface area contributed by atoms with Gasteiger partial charge in [0.05, 0.1) is 0 Å². The normalized spacial score (nSPS) is 17.8. The van der Waals surface area contributed by atoms with Crippen LogP contribution in [0.25, 0.3) is 0 Å². The summed E-state index contributed by atoms with van der Waals surface area (Å²) in [6.07, 6.45) is 6.26. The molecule has 0 rings (SSSR count). The molecule has 0 aromatic rings. The Labute approximate surface area is 109 Å². The van der Waals surface area contributed by atoms with Gasteiger partial charge in [0.1, 0.15) is 0 Å². The second-order valence-electron chi connectivity index (χ2n) is 7.10. The molecule has 17 heavy (non-hydrogen) atoms. The average molecular weight is 242 g/mol. The molecule has 0 spiro atoms. The van der Waals surface area contributed by atoms with Gasteiger partial charge in [0, 0.05) is 6.04 Å². The molecule has 0 amide bonds. The molecule has 2 heteroatoms. The average Bonchev–Trinajstić information content (AvgIpc) is 2.13. The number of hydrazine groups is 1. The highest BCUT2D eigenvalue weighted by Crippen LogP contribution is 2.28. The minimum absolute atomic E-state index is 0.424. The Hall–Kier alpha value is -0.0800. The van der Waals surface area contributed by atoms with Crippen LogP contribution < -0.4 is 11.3 Å². The smallest absolute Gasteiger partial charge is 0.0215 e. The molecular weight excluding hydrogens is 208 g/mol. The fourth-order valence-corrected chi connectivity index (χ4v) is 2.94. The van der Waals surface area contributed by atoms with Crippen molar-refractivity contribution in [2.75, 3.05) is 0 Å². The van der Waals surface area contributed by atoms with E-state index in [9.17, 15) is 0 Å². The molecule has 0 saturated carbocycles. The minimum atomic E-state index is 0.424. The zero-order valence-electron chi connectivity index (χ0n) is 12.8. The summed E-state index contributed by atoms with van der Waals surface area (Å²) in [5.41, 5.74) is 3.43. The zero-order valence-corrected chi connectivity index (χ0v) is 12.8. The summed E-state index contributed by atoms with van der Waals surface area (Å²) in [7, 11) is 0. The van der Waals surface area contributed by atoms with E-state index in [1.165, 1.54) is 32.1 Å². The second-order valence-corrected chi connectivity index (χ2v) is 7.10. The lowest BCUT2D eigenvalue weighted by molar-refractivity contribution is 0.259. The van der Waals surface area contributed by atoms with Crippen molar-refractivity contribution in [3.8, 4) is 0 Å². The highest BCUT2D eigenvalue weighted by atomic mass is 15.2. The maximum absolute atomic E-state index is 5.68. The van der Waals surface area contributed by atoms with Crippen LogP contribution in [0.1, 0.15) is 73.6 Å². The molecule has 0 fully saturated rings. The first-order valence-electron chi connectivity index (χ1n) is 7.24. The Kier molecular flexibility index (Phi) is 8.06. The summed E-state index contributed by atoms with van der Waals surface area (Å²) in [6, 6.07) is 0.480. The minimum Gasteiger partial charge on any atom is -0.271 e. The van der Waals surface area contributed by atoms with Crippen LogP contribution in [-0.2, 0) is 0 Å². The van der Waals surface area contributed by atoms with Crippen molar-refractivity contribution in [2.24, 2.45) is 23.1 Å². The molecule has 0 radical (unpaired) electrons. The van der Waals surface area contributed by atoms with E-state index in [0.717, 1.165) is 11.8 Å². The van der Waals surface area contributed by atoms with E-state index in [-0.39, 0.29) is 0 Å². The molecule has 0 aliphatic carbocycles. The molecule has 0 aliphatic rings. The summed E-state index contributed by atoms with van der Waals surface area (Å²) in [5.74, 6) is 7.20. The van der Waals surface area contributed by atoms with E-state index in [4.69, 9.17) is 5.84 Å². The van der Waals surface area contributed by atoms with Crippen LogP contribution in [-0.4, -0.2) is 6.04 Å². The first kappa shape index (κ1) is 16.9. The molecular formula is C15H34N2. The van der Waals surface area contributed by atoms with Crippen LogP contribution in [0.3, 0.4) is 0 Å². The number of rotatable bonds is 8. The predicted octanol–water partition coefficient (Wildman–Crippen LogP) is 4.11. The van der Waals surface area contributed by atoms with Gasteiger partial charge >= 0.3 is 0 Å². The molecule has 0 heterocycles. The highest BCUT2D eigenvalue weighted by Gasteiger charge is 2.19. The summed E-state index contributed by atoms with van der Waals surface area (Å²) >= 11 is 0. The van der Waals surface area contributed by atoms with Gasteiger partial charge in [-0.25, -0.2) is 0 Å². The summed E-state index contributed by atoms with van der Waals surface area (Å²) < 4.78 is 0. The Bertz CT molecular complexity index is 184. The lowest BCUT2D eigenvalue weighted by atomic mass is 9.81. The third kappa shape index (κ3) is 9.61. The van der Waals surface area contributed by atoms with Gasteiger partial charge in [-0.1, -0.05) is 54.4 Å². The Balaban J connectivity index is 4.03. The van der Waals surface area contributed by atoms with Crippen LogP contribution in [0, 0.1) is 17.3 Å². The van der Waals surface area contributed by atoms with E-state index in [2.05, 4.69) is 47.0 Å². The molecule has 3 unspecified atom stereocenters. The van der Waals surface area contributed by atoms with E-state index < -0.39 is 0 Å². The molecule has 104 valence electrons. The lowest BCUT2D eigenvalue weighted by Crippen LogP contribution is -2.38. The van der Waals surface area contributed by atoms with Gasteiger partial charge in [-0.2, -0.15) is 0 Å². The van der Waals surface area contributed by atoms with Crippen molar-refractivity contribution in [1.82, 2.24) is 5.43 Å². The monoisotopic (exact) mass is 242 g/mol. The molecule has 0 aromatic heterocycles. The number of hydrogen-bond donors (Lipinski definition) is 2. The van der Waals surface area contributed by atoms with Gasteiger partial charge in [-0.15, -0.1) is 0 Å². The zero-order chi connectivity index (χ0) is 13.5. The van der Waals surface area contributed by atoms with E-state index >= 15 is 0 Å². The van der Waals surface area contributed by atoms with Crippen LogP contribution in [0.15, 0.2) is 0 Å². The first-order valence-corrected chi connectivity index (χ1v) is 7.24. The van der Waals surface area contributed by atoms with Crippen molar-refractivity contribution < 1.29 is 0 Å². The van der Waals surface area contributed by atoms with Crippen LogP contribution >= 0.6 is 0 Å². The summed E-state index contributed by atoms with van der Waals surface area (Å²) in [6.45, 7) is 13.9. The third-order valence-electron chi connectivity index (χ3n) is 3.35. The van der Waals surface area contributed by atoms with Gasteiger partial charge in [0.25, 0.3) is 0 Å². The molecule has 3 N–H and O–H groups in total. The van der Waals surface area contributed by atoms with Gasteiger partial charge < -0.3 is 0 Å². The number of nitrogens with two attached hydrogens (primary N) is 1. The van der Waals surface area contributed by atoms with Gasteiger partial charge in [-0.3, -0.25) is 11.3 Å². The summed E-state index contributed by atoms with van der Waals surface area (Å²) in [4.78, 5) is 0. The molecule has 3 atom stereocenters. The van der Waals surface area contributed by atoms with Gasteiger partial charge in [0.15, 0.2) is 0 Å². The quantitative estimate of drug-likeness (QED) is 0.496. The van der Waals surface area contributed by atoms with Gasteiger partial charge in [-0.05, 0) is 36.5 Å². The standard InChI is InChI=1S/C15H34N2/c1-7-8-12(2)9-14(17-16)10-13(3)11-15(4,5)6/h12-14,17H,7-11,16H2,1-6H3. The van der Waals surface area contributed by atoms with Crippen molar-refractivity contribution in [1.29, 1.82) is 0 Å². The molecule has 0 saturated heterocycles. The second kappa shape index (κ2) is 8.10. The van der Waals surface area contributed by atoms with Crippen molar-refractivity contribution >= 4 is 0 Å². The lowest BCUT2D eigenvalue weighted by Gasteiger charge is -2.27. The maximum atomic E-state index is 5.68. The van der Waals surface area contributed by atoms with E-state index in [0.29, 0.717) is 11.5 Å². The molecule has 0 bridgehead atoms. The molecule has 0 aromatic carbocycles. The maximum Gasteiger partial charge on any atom is 0.0215 e. The fraction of sp³-hybridized carbons (Fsp3) is 1.00.